The molecule has 70 valence electrons. The molecular formula is C9H9Cl3Si. The van der Waals surface area contributed by atoms with Crippen LogP contribution in [0.3, 0.4) is 0 Å². The lowest BCUT2D eigenvalue weighted by Crippen LogP contribution is -2.12. The Morgan fingerprint density at radius 3 is 2.23 bits per heavy atom. The third kappa shape index (κ3) is 3.73. The fourth-order valence-electron chi connectivity index (χ4n) is 0.907. The van der Waals surface area contributed by atoms with Crippen molar-refractivity contribution in [2.45, 2.75) is 6.92 Å². The molecule has 4 heteroatoms. The Balaban J connectivity index is 2.93. The summed E-state index contributed by atoms with van der Waals surface area (Å²) in [7, 11) is 0. The molecule has 0 radical (unpaired) electrons. The van der Waals surface area contributed by atoms with Crippen molar-refractivity contribution < 1.29 is 0 Å². The van der Waals surface area contributed by atoms with E-state index in [1.807, 2.05) is 43.4 Å². The van der Waals surface area contributed by atoms with Crippen molar-refractivity contribution in [1.82, 2.24) is 0 Å². The van der Waals surface area contributed by atoms with Crippen LogP contribution in [-0.2, 0) is 0 Å². The topological polar surface area (TPSA) is 0 Å². The summed E-state index contributed by atoms with van der Waals surface area (Å²) in [5.74, 6) is 0. The highest BCUT2D eigenvalue weighted by Crippen LogP contribution is 2.30. The molecule has 0 fully saturated rings. The monoisotopic (exact) mass is 250 g/mol. The van der Waals surface area contributed by atoms with Crippen LogP contribution in [0.15, 0.2) is 47.2 Å². The molecule has 0 spiro atoms. The van der Waals surface area contributed by atoms with Gasteiger partial charge in [-0.25, -0.2) is 0 Å². The molecule has 1 aliphatic carbocycles. The second-order valence-electron chi connectivity index (χ2n) is 2.75. The lowest BCUT2D eigenvalue weighted by Gasteiger charge is -2.08. The zero-order chi connectivity index (χ0) is 9.90. The molecule has 0 N–H and O–H groups in total. The lowest BCUT2D eigenvalue weighted by atomic mass is 10.2. The van der Waals surface area contributed by atoms with Gasteiger partial charge in [-0.1, -0.05) is 42.0 Å². The second-order valence-corrected chi connectivity index (χ2v) is 11.2. The molecule has 0 aliphatic heterocycles. The molecule has 0 aromatic heterocycles. The fraction of sp³-hybridized carbons (Fsp3) is 0.111. The highest BCUT2D eigenvalue weighted by Gasteiger charge is 2.28. The van der Waals surface area contributed by atoms with E-state index >= 15 is 0 Å². The van der Waals surface area contributed by atoms with Crippen molar-refractivity contribution in [3.05, 3.63) is 47.2 Å². The molecule has 0 unspecified atom stereocenters. The lowest BCUT2D eigenvalue weighted by molar-refractivity contribution is 1.51. The van der Waals surface area contributed by atoms with Crippen LogP contribution in [0.1, 0.15) is 6.92 Å². The number of hydrogen-bond donors (Lipinski definition) is 0. The molecule has 0 nitrogen and oxygen atoms in total. The molecule has 0 saturated carbocycles. The SMILES string of the molecule is CC1=C/C=C\C([Si](Cl)(Cl)Cl)=C/C=C1. The molecule has 0 aromatic carbocycles. The average molecular weight is 252 g/mol. The minimum absolute atomic E-state index is 0.803. The zero-order valence-corrected chi connectivity index (χ0v) is 10.4. The Bertz CT molecular complexity index is 305. The van der Waals surface area contributed by atoms with E-state index in [4.69, 9.17) is 33.2 Å². The van der Waals surface area contributed by atoms with Crippen LogP contribution < -0.4 is 0 Å². The van der Waals surface area contributed by atoms with Crippen LogP contribution in [0.4, 0.5) is 0 Å². The zero-order valence-electron chi connectivity index (χ0n) is 7.10. The Kier molecular flexibility index (Phi) is 3.86. The quantitative estimate of drug-likeness (QED) is 0.484. The van der Waals surface area contributed by atoms with E-state index in [0.29, 0.717) is 0 Å². The number of hydrogen-bond acceptors (Lipinski definition) is 0. The molecule has 13 heavy (non-hydrogen) atoms. The third-order valence-corrected chi connectivity index (χ3v) is 4.55. The van der Waals surface area contributed by atoms with Crippen molar-refractivity contribution in [3.8, 4) is 0 Å². The van der Waals surface area contributed by atoms with Gasteiger partial charge < -0.3 is 0 Å². The van der Waals surface area contributed by atoms with E-state index in [2.05, 4.69) is 0 Å². The first-order valence-electron chi connectivity index (χ1n) is 3.80. The average Bonchev–Trinajstić information content (AvgIpc) is 1.93. The van der Waals surface area contributed by atoms with E-state index in [9.17, 15) is 0 Å². The Labute approximate surface area is 93.3 Å². The molecule has 0 heterocycles. The largest absolute Gasteiger partial charge is 0.372 e. The van der Waals surface area contributed by atoms with Gasteiger partial charge in [-0.3, -0.25) is 0 Å². The summed E-state index contributed by atoms with van der Waals surface area (Å²) in [5, 5.41) is 0.803. The summed E-state index contributed by atoms with van der Waals surface area (Å²) >= 11 is 17.6. The molecular weight excluding hydrogens is 243 g/mol. The van der Waals surface area contributed by atoms with Crippen molar-refractivity contribution in [2.75, 3.05) is 0 Å². The molecule has 0 saturated heterocycles. The summed E-state index contributed by atoms with van der Waals surface area (Å²) in [6.07, 6.45) is 11.5. The maximum atomic E-state index is 5.87. The van der Waals surface area contributed by atoms with Gasteiger partial charge in [0.1, 0.15) is 0 Å². The van der Waals surface area contributed by atoms with Crippen molar-refractivity contribution >= 4 is 39.2 Å². The Morgan fingerprint density at radius 1 is 1.00 bits per heavy atom. The Hall–Kier alpha value is 0.0469. The first kappa shape index (κ1) is 11.1. The van der Waals surface area contributed by atoms with E-state index in [0.717, 1.165) is 5.20 Å². The summed E-state index contributed by atoms with van der Waals surface area (Å²) in [6.45, 7) is 2.02. The molecule has 0 bridgehead atoms. The van der Waals surface area contributed by atoms with Crippen molar-refractivity contribution in [3.63, 3.8) is 0 Å². The minimum atomic E-state index is -2.72. The van der Waals surface area contributed by atoms with Gasteiger partial charge in [-0.2, -0.15) is 0 Å². The molecule has 1 rings (SSSR count). The van der Waals surface area contributed by atoms with E-state index in [1.54, 1.807) is 0 Å². The molecule has 0 atom stereocenters. The maximum Gasteiger partial charge on any atom is 0.372 e. The van der Waals surface area contributed by atoms with Gasteiger partial charge in [0.15, 0.2) is 0 Å². The van der Waals surface area contributed by atoms with Gasteiger partial charge in [-0.15, -0.1) is 33.2 Å². The summed E-state index contributed by atoms with van der Waals surface area (Å²) in [4.78, 5) is 0. The van der Waals surface area contributed by atoms with Crippen molar-refractivity contribution in [1.29, 1.82) is 0 Å². The number of rotatable bonds is 1. The highest BCUT2D eigenvalue weighted by molar-refractivity contribution is 7.67. The van der Waals surface area contributed by atoms with Gasteiger partial charge in [0.2, 0.25) is 0 Å². The normalized spacial score (nSPS) is 24.0. The summed E-state index contributed by atoms with van der Waals surface area (Å²) in [6, 6.07) is -2.72. The third-order valence-electron chi connectivity index (χ3n) is 1.60. The summed E-state index contributed by atoms with van der Waals surface area (Å²) in [5.41, 5.74) is 1.18. The maximum absolute atomic E-state index is 5.87. The van der Waals surface area contributed by atoms with Gasteiger partial charge in [-0.05, 0) is 12.1 Å². The number of allylic oxidation sites excluding steroid dienone is 8. The summed E-state index contributed by atoms with van der Waals surface area (Å²) < 4.78 is 0. The molecule has 1 aliphatic rings. The van der Waals surface area contributed by atoms with E-state index in [1.165, 1.54) is 5.57 Å². The van der Waals surface area contributed by atoms with Crippen LogP contribution in [0.25, 0.3) is 0 Å². The van der Waals surface area contributed by atoms with E-state index in [-0.39, 0.29) is 0 Å². The van der Waals surface area contributed by atoms with Gasteiger partial charge in [0.05, 0.1) is 0 Å². The van der Waals surface area contributed by atoms with Crippen LogP contribution in [0.2, 0.25) is 0 Å². The first-order valence-corrected chi connectivity index (χ1v) is 8.84. The standard InChI is InChI=1S/C9H9Cl3Si/c1-8-4-2-6-9(7-3-5-8)13(10,11)12/h2-7H,1H3/b4-2?,5-3?,6-2-,7-3?,8-4?,8-5?,9-6?,9-7+. The minimum Gasteiger partial charge on any atom is -0.121 e. The van der Waals surface area contributed by atoms with Gasteiger partial charge >= 0.3 is 6.00 Å². The van der Waals surface area contributed by atoms with Crippen LogP contribution >= 0.6 is 33.2 Å². The van der Waals surface area contributed by atoms with Crippen molar-refractivity contribution in [2.24, 2.45) is 0 Å². The van der Waals surface area contributed by atoms with Gasteiger partial charge in [0.25, 0.3) is 0 Å². The highest BCUT2D eigenvalue weighted by atomic mass is 35.8. The molecule has 0 amide bonds. The predicted molar refractivity (Wildman–Crippen MR) is 63.4 cm³/mol. The predicted octanol–water partition coefficient (Wildman–Crippen LogP) is 4.18. The van der Waals surface area contributed by atoms with E-state index < -0.39 is 6.00 Å². The fourth-order valence-corrected chi connectivity index (χ4v) is 2.61. The Morgan fingerprint density at radius 2 is 1.62 bits per heavy atom. The number of halogens is 3. The van der Waals surface area contributed by atoms with Crippen LogP contribution in [-0.4, -0.2) is 6.00 Å². The van der Waals surface area contributed by atoms with Crippen LogP contribution in [0.5, 0.6) is 0 Å². The first-order chi connectivity index (χ1) is 6.00. The second kappa shape index (κ2) is 4.51. The van der Waals surface area contributed by atoms with Crippen LogP contribution in [0, 0.1) is 0 Å². The smallest absolute Gasteiger partial charge is 0.121 e. The van der Waals surface area contributed by atoms with Gasteiger partial charge in [0, 0.05) is 0 Å². The molecule has 0 aromatic rings.